The first-order chi connectivity index (χ1) is 6.33. The standard InChI is InChI=1S/C11H20O2/c12-6-8-1-2-10-4-9(7-13)5-11(10)3-8/h8-13H,1-7H2. The largest absolute Gasteiger partial charge is 0.396 e. The van der Waals surface area contributed by atoms with Crippen LogP contribution in [0.5, 0.6) is 0 Å². The summed E-state index contributed by atoms with van der Waals surface area (Å²) in [5.41, 5.74) is 0. The van der Waals surface area contributed by atoms with Crippen molar-refractivity contribution in [2.45, 2.75) is 32.1 Å². The predicted octanol–water partition coefficient (Wildman–Crippen LogP) is 1.41. The van der Waals surface area contributed by atoms with E-state index < -0.39 is 0 Å². The second kappa shape index (κ2) is 3.97. The highest BCUT2D eigenvalue weighted by Gasteiger charge is 2.37. The maximum absolute atomic E-state index is 9.09. The van der Waals surface area contributed by atoms with Crippen LogP contribution in [0.2, 0.25) is 0 Å². The lowest BCUT2D eigenvalue weighted by Crippen LogP contribution is -2.22. The molecule has 0 bridgehead atoms. The zero-order chi connectivity index (χ0) is 9.26. The minimum Gasteiger partial charge on any atom is -0.396 e. The van der Waals surface area contributed by atoms with E-state index in [1.807, 2.05) is 0 Å². The topological polar surface area (TPSA) is 40.5 Å². The van der Waals surface area contributed by atoms with Gasteiger partial charge in [0.1, 0.15) is 0 Å². The Balaban J connectivity index is 1.90. The van der Waals surface area contributed by atoms with E-state index in [2.05, 4.69) is 0 Å². The van der Waals surface area contributed by atoms with Crippen LogP contribution in [0.3, 0.4) is 0 Å². The van der Waals surface area contributed by atoms with Gasteiger partial charge >= 0.3 is 0 Å². The Morgan fingerprint density at radius 3 is 2.08 bits per heavy atom. The lowest BCUT2D eigenvalue weighted by Gasteiger charge is -2.30. The van der Waals surface area contributed by atoms with E-state index in [-0.39, 0.29) is 0 Å². The molecule has 2 rings (SSSR count). The summed E-state index contributed by atoms with van der Waals surface area (Å²) in [4.78, 5) is 0. The quantitative estimate of drug-likeness (QED) is 0.681. The van der Waals surface area contributed by atoms with Gasteiger partial charge in [-0.05, 0) is 55.8 Å². The van der Waals surface area contributed by atoms with Crippen molar-refractivity contribution in [2.24, 2.45) is 23.7 Å². The van der Waals surface area contributed by atoms with Crippen LogP contribution in [0, 0.1) is 23.7 Å². The number of aliphatic hydroxyl groups is 2. The Hall–Kier alpha value is -0.0800. The van der Waals surface area contributed by atoms with Crippen molar-refractivity contribution >= 4 is 0 Å². The predicted molar refractivity (Wildman–Crippen MR) is 51.2 cm³/mol. The van der Waals surface area contributed by atoms with Gasteiger partial charge in [-0.15, -0.1) is 0 Å². The average molecular weight is 184 g/mol. The van der Waals surface area contributed by atoms with Gasteiger partial charge in [-0.3, -0.25) is 0 Å². The van der Waals surface area contributed by atoms with Gasteiger partial charge in [0.15, 0.2) is 0 Å². The molecule has 2 N–H and O–H groups in total. The molecule has 0 amide bonds. The molecule has 2 nitrogen and oxygen atoms in total. The van der Waals surface area contributed by atoms with Crippen LogP contribution in [-0.2, 0) is 0 Å². The van der Waals surface area contributed by atoms with E-state index in [0.717, 1.165) is 11.8 Å². The van der Waals surface area contributed by atoms with Crippen LogP contribution in [0.15, 0.2) is 0 Å². The van der Waals surface area contributed by atoms with Crippen molar-refractivity contribution in [2.75, 3.05) is 13.2 Å². The maximum Gasteiger partial charge on any atom is 0.0459 e. The van der Waals surface area contributed by atoms with E-state index in [1.165, 1.54) is 32.1 Å². The summed E-state index contributed by atoms with van der Waals surface area (Å²) < 4.78 is 0. The molecule has 2 heteroatoms. The molecule has 0 saturated heterocycles. The first-order valence-corrected chi connectivity index (χ1v) is 5.55. The van der Waals surface area contributed by atoms with Crippen LogP contribution in [0.1, 0.15) is 32.1 Å². The fourth-order valence-electron chi connectivity index (χ4n) is 3.29. The Morgan fingerprint density at radius 2 is 1.38 bits per heavy atom. The number of hydrogen-bond acceptors (Lipinski definition) is 2. The average Bonchev–Trinajstić information content (AvgIpc) is 2.58. The summed E-state index contributed by atoms with van der Waals surface area (Å²) in [7, 11) is 0. The van der Waals surface area contributed by atoms with Gasteiger partial charge in [-0.1, -0.05) is 0 Å². The van der Waals surface area contributed by atoms with Crippen molar-refractivity contribution in [3.05, 3.63) is 0 Å². The van der Waals surface area contributed by atoms with E-state index >= 15 is 0 Å². The molecule has 0 heterocycles. The van der Waals surface area contributed by atoms with Crippen molar-refractivity contribution in [1.82, 2.24) is 0 Å². The summed E-state index contributed by atoms with van der Waals surface area (Å²) in [5, 5.41) is 18.2. The van der Waals surface area contributed by atoms with Gasteiger partial charge < -0.3 is 10.2 Å². The Morgan fingerprint density at radius 1 is 0.769 bits per heavy atom. The molecule has 76 valence electrons. The van der Waals surface area contributed by atoms with Gasteiger partial charge in [0.2, 0.25) is 0 Å². The van der Waals surface area contributed by atoms with Crippen LogP contribution >= 0.6 is 0 Å². The Labute approximate surface area is 80.0 Å². The fourth-order valence-corrected chi connectivity index (χ4v) is 3.29. The third-order valence-corrected chi connectivity index (χ3v) is 4.04. The third kappa shape index (κ3) is 1.89. The monoisotopic (exact) mass is 184 g/mol. The molecule has 0 aromatic rings. The SMILES string of the molecule is OCC1CCC2CC(CO)CC2C1. The molecular formula is C11H20O2. The highest BCUT2D eigenvalue weighted by atomic mass is 16.3. The van der Waals surface area contributed by atoms with Gasteiger partial charge in [0.05, 0.1) is 0 Å². The van der Waals surface area contributed by atoms with E-state index in [4.69, 9.17) is 10.2 Å². The summed E-state index contributed by atoms with van der Waals surface area (Å²) in [6.07, 6.45) is 6.14. The first kappa shape index (κ1) is 9.47. The second-order valence-electron chi connectivity index (χ2n) is 4.90. The molecule has 0 aromatic heterocycles. The molecule has 0 spiro atoms. The lowest BCUT2D eigenvalue weighted by molar-refractivity contribution is 0.136. The van der Waals surface area contributed by atoms with Gasteiger partial charge in [-0.2, -0.15) is 0 Å². The Kier molecular flexibility index (Phi) is 2.89. The van der Waals surface area contributed by atoms with Crippen molar-refractivity contribution < 1.29 is 10.2 Å². The smallest absolute Gasteiger partial charge is 0.0459 e. The highest BCUT2D eigenvalue weighted by Crippen LogP contribution is 2.46. The molecule has 4 atom stereocenters. The summed E-state index contributed by atoms with van der Waals surface area (Å²) >= 11 is 0. The van der Waals surface area contributed by atoms with Crippen LogP contribution in [0.25, 0.3) is 0 Å². The first-order valence-electron chi connectivity index (χ1n) is 5.55. The molecule has 4 unspecified atom stereocenters. The van der Waals surface area contributed by atoms with Crippen molar-refractivity contribution in [1.29, 1.82) is 0 Å². The zero-order valence-electron chi connectivity index (χ0n) is 8.15. The second-order valence-corrected chi connectivity index (χ2v) is 4.90. The van der Waals surface area contributed by atoms with Crippen LogP contribution < -0.4 is 0 Å². The summed E-state index contributed by atoms with van der Waals surface area (Å²) in [5.74, 6) is 2.79. The minimum atomic E-state index is 0.368. The number of aliphatic hydroxyl groups excluding tert-OH is 2. The molecule has 2 aliphatic carbocycles. The van der Waals surface area contributed by atoms with Crippen molar-refractivity contribution in [3.63, 3.8) is 0 Å². The van der Waals surface area contributed by atoms with Crippen LogP contribution in [0.4, 0.5) is 0 Å². The maximum atomic E-state index is 9.09. The summed E-state index contributed by atoms with van der Waals surface area (Å²) in [6, 6.07) is 0. The molecular weight excluding hydrogens is 164 g/mol. The minimum absolute atomic E-state index is 0.368. The van der Waals surface area contributed by atoms with Gasteiger partial charge in [0.25, 0.3) is 0 Å². The van der Waals surface area contributed by atoms with Crippen molar-refractivity contribution in [3.8, 4) is 0 Å². The number of rotatable bonds is 2. The zero-order valence-corrected chi connectivity index (χ0v) is 8.15. The molecule has 2 saturated carbocycles. The van der Waals surface area contributed by atoms with Crippen LogP contribution in [-0.4, -0.2) is 23.4 Å². The number of fused-ring (bicyclic) bond motifs is 1. The van der Waals surface area contributed by atoms with E-state index in [1.54, 1.807) is 0 Å². The Bertz CT molecular complexity index is 167. The molecule has 0 aliphatic heterocycles. The van der Waals surface area contributed by atoms with Gasteiger partial charge in [0, 0.05) is 13.2 Å². The molecule has 0 aromatic carbocycles. The normalized spacial score (nSPS) is 44.8. The summed E-state index contributed by atoms with van der Waals surface area (Å²) in [6.45, 7) is 0.740. The lowest BCUT2D eigenvalue weighted by atomic mass is 9.76. The number of hydrogen-bond donors (Lipinski definition) is 2. The van der Waals surface area contributed by atoms with E-state index in [0.29, 0.717) is 25.0 Å². The molecule has 2 fully saturated rings. The molecule has 2 aliphatic rings. The fraction of sp³-hybridized carbons (Fsp3) is 1.00. The third-order valence-electron chi connectivity index (χ3n) is 4.04. The molecule has 13 heavy (non-hydrogen) atoms. The highest BCUT2D eigenvalue weighted by molar-refractivity contribution is 4.88. The molecule has 0 radical (unpaired) electrons. The van der Waals surface area contributed by atoms with Gasteiger partial charge in [-0.25, -0.2) is 0 Å². The van der Waals surface area contributed by atoms with E-state index in [9.17, 15) is 0 Å².